The SMILES string of the molecule is CCCCOc1cccc(C2C(C(=O)c3sc(C)nc3C)=C(O)C(=O)N2c2nc3ccc(OC)cc3s2)c1. The quantitative estimate of drug-likeness (QED) is 0.192. The van der Waals surface area contributed by atoms with E-state index in [0.717, 1.165) is 22.5 Å². The fraction of sp³-hybridized carbons (Fsp3) is 0.286. The molecule has 3 heterocycles. The highest BCUT2D eigenvalue weighted by atomic mass is 32.1. The molecule has 2 aromatic heterocycles. The zero-order valence-electron chi connectivity index (χ0n) is 21.5. The van der Waals surface area contributed by atoms with E-state index in [-0.39, 0.29) is 5.57 Å². The van der Waals surface area contributed by atoms with Gasteiger partial charge in [0.05, 0.1) is 51.1 Å². The molecule has 0 spiro atoms. The number of rotatable bonds is 9. The summed E-state index contributed by atoms with van der Waals surface area (Å²) in [7, 11) is 1.59. The van der Waals surface area contributed by atoms with Crippen LogP contribution in [-0.2, 0) is 4.79 Å². The summed E-state index contributed by atoms with van der Waals surface area (Å²) in [5.41, 5.74) is 1.88. The number of benzene rings is 2. The Morgan fingerprint density at radius 2 is 1.92 bits per heavy atom. The average molecular weight is 550 g/mol. The molecule has 0 radical (unpaired) electrons. The Hall–Kier alpha value is -3.76. The maximum absolute atomic E-state index is 13.9. The van der Waals surface area contributed by atoms with Gasteiger partial charge in [0.25, 0.3) is 5.91 Å². The first-order valence-corrected chi connectivity index (χ1v) is 13.9. The van der Waals surface area contributed by atoms with Crippen molar-refractivity contribution in [2.75, 3.05) is 18.6 Å². The lowest BCUT2D eigenvalue weighted by Gasteiger charge is -2.24. The highest BCUT2D eigenvalue weighted by Gasteiger charge is 2.46. The number of methoxy groups -OCH3 is 1. The number of anilines is 1. The molecule has 1 unspecified atom stereocenters. The molecule has 2 aromatic carbocycles. The topological polar surface area (TPSA) is 102 Å². The number of ketones is 1. The van der Waals surface area contributed by atoms with E-state index in [0.29, 0.717) is 44.9 Å². The number of aliphatic hydroxyl groups excluding tert-OH is 1. The van der Waals surface area contributed by atoms with Gasteiger partial charge in [0, 0.05) is 0 Å². The molecule has 1 aliphatic rings. The minimum Gasteiger partial charge on any atom is -0.503 e. The fourth-order valence-electron chi connectivity index (χ4n) is 4.45. The molecule has 0 saturated heterocycles. The molecule has 8 nitrogen and oxygen atoms in total. The van der Waals surface area contributed by atoms with Gasteiger partial charge in [-0.25, -0.2) is 9.97 Å². The van der Waals surface area contributed by atoms with Crippen LogP contribution in [0.2, 0.25) is 0 Å². The molecule has 1 aliphatic heterocycles. The fourth-order valence-corrected chi connectivity index (χ4v) is 6.34. The van der Waals surface area contributed by atoms with E-state index in [2.05, 4.69) is 16.9 Å². The van der Waals surface area contributed by atoms with Gasteiger partial charge in [-0.05, 0) is 56.2 Å². The van der Waals surface area contributed by atoms with E-state index in [4.69, 9.17) is 9.47 Å². The van der Waals surface area contributed by atoms with Crippen LogP contribution < -0.4 is 14.4 Å². The molecule has 1 atom stereocenters. The van der Waals surface area contributed by atoms with Crippen LogP contribution in [0.4, 0.5) is 5.13 Å². The molecule has 0 fully saturated rings. The van der Waals surface area contributed by atoms with Crippen LogP contribution in [0.1, 0.15) is 51.7 Å². The van der Waals surface area contributed by atoms with Crippen molar-refractivity contribution >= 4 is 49.7 Å². The number of aliphatic hydroxyl groups is 1. The van der Waals surface area contributed by atoms with Gasteiger partial charge >= 0.3 is 0 Å². The minimum absolute atomic E-state index is 0.00398. The minimum atomic E-state index is -0.894. The lowest BCUT2D eigenvalue weighted by atomic mass is 9.95. The molecule has 1 N–H and O–H groups in total. The molecule has 5 rings (SSSR count). The normalized spacial score (nSPS) is 15.5. The summed E-state index contributed by atoms with van der Waals surface area (Å²) >= 11 is 2.53. The Bertz CT molecular complexity index is 1570. The van der Waals surface area contributed by atoms with Gasteiger partial charge in [0.1, 0.15) is 11.5 Å². The maximum Gasteiger partial charge on any atom is 0.296 e. The molecular formula is C28H27N3O5S2. The molecule has 196 valence electrons. The number of aryl methyl sites for hydroxylation is 2. The number of hydrogen-bond acceptors (Lipinski definition) is 9. The monoisotopic (exact) mass is 549 g/mol. The third-order valence-electron chi connectivity index (χ3n) is 6.29. The number of amides is 1. The van der Waals surface area contributed by atoms with E-state index in [1.807, 2.05) is 43.3 Å². The van der Waals surface area contributed by atoms with Crippen molar-refractivity contribution in [3.8, 4) is 11.5 Å². The molecule has 4 aromatic rings. The Labute approximate surface area is 228 Å². The third kappa shape index (κ3) is 4.65. The molecule has 10 heteroatoms. The summed E-state index contributed by atoms with van der Waals surface area (Å²) in [5.74, 6) is -0.395. The van der Waals surface area contributed by atoms with Crippen LogP contribution in [0.3, 0.4) is 0 Å². The highest BCUT2D eigenvalue weighted by Crippen LogP contribution is 2.45. The highest BCUT2D eigenvalue weighted by molar-refractivity contribution is 7.22. The van der Waals surface area contributed by atoms with Gasteiger partial charge in [-0.3, -0.25) is 14.5 Å². The van der Waals surface area contributed by atoms with Crippen molar-refractivity contribution < 1.29 is 24.2 Å². The van der Waals surface area contributed by atoms with Crippen LogP contribution in [0, 0.1) is 13.8 Å². The number of Topliss-reactive ketones (excluding diaryl/α,β-unsaturated/α-hetero) is 1. The van der Waals surface area contributed by atoms with Crippen molar-refractivity contribution in [2.45, 2.75) is 39.7 Å². The number of carbonyl (C=O) groups is 2. The van der Waals surface area contributed by atoms with Gasteiger partial charge in [-0.15, -0.1) is 11.3 Å². The summed E-state index contributed by atoms with van der Waals surface area (Å²) in [6, 6.07) is 11.9. The predicted molar refractivity (Wildman–Crippen MR) is 149 cm³/mol. The second-order valence-electron chi connectivity index (χ2n) is 8.92. The second-order valence-corrected chi connectivity index (χ2v) is 11.1. The number of thiazole rings is 2. The van der Waals surface area contributed by atoms with Crippen LogP contribution in [0.15, 0.2) is 53.8 Å². The Balaban J connectivity index is 1.64. The number of fused-ring (bicyclic) bond motifs is 1. The number of ether oxygens (including phenoxy) is 2. The number of nitrogens with zero attached hydrogens (tertiary/aromatic N) is 3. The molecule has 0 aliphatic carbocycles. The van der Waals surface area contributed by atoms with Crippen LogP contribution in [0.25, 0.3) is 10.2 Å². The van der Waals surface area contributed by atoms with Crippen LogP contribution in [0.5, 0.6) is 11.5 Å². The lowest BCUT2D eigenvalue weighted by Crippen LogP contribution is -2.31. The smallest absolute Gasteiger partial charge is 0.296 e. The lowest BCUT2D eigenvalue weighted by molar-refractivity contribution is -0.117. The third-order valence-corrected chi connectivity index (χ3v) is 8.38. The first kappa shape index (κ1) is 25.9. The average Bonchev–Trinajstić information content (AvgIpc) is 3.56. The van der Waals surface area contributed by atoms with Gasteiger partial charge < -0.3 is 14.6 Å². The van der Waals surface area contributed by atoms with Crippen molar-refractivity contribution in [1.29, 1.82) is 0 Å². The van der Waals surface area contributed by atoms with Crippen molar-refractivity contribution in [2.24, 2.45) is 0 Å². The Kier molecular flexibility index (Phi) is 7.18. The molecular weight excluding hydrogens is 522 g/mol. The molecule has 38 heavy (non-hydrogen) atoms. The Morgan fingerprint density at radius 3 is 2.63 bits per heavy atom. The van der Waals surface area contributed by atoms with Gasteiger partial charge in [-0.2, -0.15) is 0 Å². The zero-order valence-corrected chi connectivity index (χ0v) is 23.1. The maximum atomic E-state index is 13.9. The molecule has 0 saturated carbocycles. The molecule has 0 bridgehead atoms. The summed E-state index contributed by atoms with van der Waals surface area (Å²) in [6.07, 6.45) is 1.90. The Morgan fingerprint density at radius 1 is 1.11 bits per heavy atom. The number of carbonyl (C=O) groups excluding carboxylic acids is 2. The summed E-state index contributed by atoms with van der Waals surface area (Å²) < 4.78 is 12.1. The summed E-state index contributed by atoms with van der Waals surface area (Å²) in [4.78, 5) is 38.3. The van der Waals surface area contributed by atoms with Gasteiger partial charge in [0.2, 0.25) is 5.78 Å². The van der Waals surface area contributed by atoms with Crippen LogP contribution in [-0.4, -0.2) is 40.5 Å². The van der Waals surface area contributed by atoms with Crippen molar-refractivity contribution in [3.63, 3.8) is 0 Å². The first-order chi connectivity index (χ1) is 18.3. The van der Waals surface area contributed by atoms with E-state index in [1.54, 1.807) is 20.1 Å². The largest absolute Gasteiger partial charge is 0.503 e. The number of hydrogen-bond donors (Lipinski definition) is 1. The zero-order chi connectivity index (χ0) is 27.0. The van der Waals surface area contributed by atoms with Gasteiger partial charge in [-0.1, -0.05) is 36.8 Å². The molecule has 1 amide bonds. The number of aromatic nitrogens is 2. The van der Waals surface area contributed by atoms with E-state index >= 15 is 0 Å². The predicted octanol–water partition coefficient (Wildman–Crippen LogP) is 6.34. The van der Waals surface area contributed by atoms with Crippen molar-refractivity contribution in [3.05, 3.63) is 74.9 Å². The van der Waals surface area contributed by atoms with Crippen molar-refractivity contribution in [1.82, 2.24) is 9.97 Å². The number of unbranched alkanes of at least 4 members (excludes halogenated alkanes) is 1. The first-order valence-electron chi connectivity index (χ1n) is 12.2. The van der Waals surface area contributed by atoms with E-state index < -0.39 is 23.5 Å². The second kappa shape index (κ2) is 10.5. The summed E-state index contributed by atoms with van der Waals surface area (Å²) in [5, 5.41) is 12.2. The van der Waals surface area contributed by atoms with Gasteiger partial charge in [0.15, 0.2) is 10.9 Å². The van der Waals surface area contributed by atoms with E-state index in [9.17, 15) is 14.7 Å². The summed E-state index contributed by atoms with van der Waals surface area (Å²) in [6.45, 7) is 6.21. The van der Waals surface area contributed by atoms with E-state index in [1.165, 1.54) is 27.6 Å². The van der Waals surface area contributed by atoms with Crippen LogP contribution >= 0.6 is 22.7 Å². The standard InChI is InChI=1S/C28H27N3O5S2/c1-5-6-12-36-19-9-7-8-17(13-19)23-22(24(32)26-15(2)29-16(3)37-26)25(33)27(34)31(23)28-30-20-11-10-18(35-4)14-21(20)38-28/h7-11,13-14,23,33H,5-6,12H2,1-4H3.